The second-order valence-corrected chi connectivity index (χ2v) is 3.78. The van der Waals surface area contributed by atoms with Gasteiger partial charge in [0.05, 0.1) is 25.0 Å². The van der Waals surface area contributed by atoms with E-state index in [9.17, 15) is 4.79 Å². The number of carbonyl (C=O) groups excluding carboxylic acids is 1. The summed E-state index contributed by atoms with van der Waals surface area (Å²) in [7, 11) is 1.63. The number of nitrogens with one attached hydrogen (secondary N) is 2. The molecule has 2 N–H and O–H groups in total. The standard InChI is InChI=1S/C12H15N5O2/c1-19-8-7-17-6-4-11(16-17)15-12(18)14-10-3-2-5-13-9-10/h2-6,9H,7-8H2,1H3,(H2,14,15,16,18). The lowest BCUT2D eigenvalue weighted by atomic mass is 10.4. The molecule has 0 aliphatic carbocycles. The third-order valence-electron chi connectivity index (χ3n) is 2.33. The SMILES string of the molecule is COCCn1ccc(NC(=O)Nc2cccnc2)n1. The molecule has 100 valence electrons. The first-order chi connectivity index (χ1) is 9.28. The molecule has 2 heterocycles. The molecule has 0 fully saturated rings. The van der Waals surface area contributed by atoms with Gasteiger partial charge in [0.2, 0.25) is 0 Å². The van der Waals surface area contributed by atoms with Crippen LogP contribution in [0.15, 0.2) is 36.8 Å². The predicted octanol–water partition coefficient (Wildman–Crippen LogP) is 1.57. The van der Waals surface area contributed by atoms with Gasteiger partial charge in [-0.25, -0.2) is 4.79 Å². The molecule has 0 saturated carbocycles. The Hall–Kier alpha value is -2.41. The van der Waals surface area contributed by atoms with Crippen LogP contribution in [0.4, 0.5) is 16.3 Å². The van der Waals surface area contributed by atoms with E-state index in [-0.39, 0.29) is 6.03 Å². The van der Waals surface area contributed by atoms with Gasteiger partial charge >= 0.3 is 6.03 Å². The number of urea groups is 1. The first-order valence-corrected chi connectivity index (χ1v) is 5.78. The van der Waals surface area contributed by atoms with Gasteiger partial charge in [0, 0.05) is 25.6 Å². The summed E-state index contributed by atoms with van der Waals surface area (Å²) >= 11 is 0. The summed E-state index contributed by atoms with van der Waals surface area (Å²) < 4.78 is 6.65. The van der Waals surface area contributed by atoms with Gasteiger partial charge in [0.1, 0.15) is 0 Å². The number of amides is 2. The highest BCUT2D eigenvalue weighted by atomic mass is 16.5. The quantitative estimate of drug-likeness (QED) is 0.856. The van der Waals surface area contributed by atoms with Gasteiger partial charge in [-0.15, -0.1) is 0 Å². The van der Waals surface area contributed by atoms with Crippen molar-refractivity contribution in [2.24, 2.45) is 0 Å². The lowest BCUT2D eigenvalue weighted by molar-refractivity contribution is 0.183. The monoisotopic (exact) mass is 261 g/mol. The van der Waals surface area contributed by atoms with E-state index in [1.165, 1.54) is 0 Å². The Morgan fingerprint density at radius 1 is 1.42 bits per heavy atom. The molecule has 0 radical (unpaired) electrons. The predicted molar refractivity (Wildman–Crippen MR) is 71.0 cm³/mol. The largest absolute Gasteiger partial charge is 0.383 e. The third kappa shape index (κ3) is 4.07. The number of aromatic nitrogens is 3. The lowest BCUT2D eigenvalue weighted by Crippen LogP contribution is -2.20. The van der Waals surface area contributed by atoms with Crippen LogP contribution in [0.1, 0.15) is 0 Å². The fraction of sp³-hybridized carbons (Fsp3) is 0.250. The van der Waals surface area contributed by atoms with Crippen molar-refractivity contribution in [3.8, 4) is 0 Å². The number of anilines is 2. The van der Waals surface area contributed by atoms with Crippen molar-refractivity contribution < 1.29 is 9.53 Å². The van der Waals surface area contributed by atoms with E-state index >= 15 is 0 Å². The van der Waals surface area contributed by atoms with Crippen LogP contribution in [0.25, 0.3) is 0 Å². The first kappa shape index (κ1) is 13.0. The Morgan fingerprint density at radius 3 is 3.05 bits per heavy atom. The molecule has 0 saturated heterocycles. The highest BCUT2D eigenvalue weighted by molar-refractivity contribution is 5.98. The molecule has 0 spiro atoms. The summed E-state index contributed by atoms with van der Waals surface area (Å²) in [6, 6.07) is 4.86. The molecular formula is C12H15N5O2. The molecule has 0 bridgehead atoms. The van der Waals surface area contributed by atoms with Crippen molar-refractivity contribution in [1.82, 2.24) is 14.8 Å². The number of hydrogen-bond donors (Lipinski definition) is 2. The van der Waals surface area contributed by atoms with Crippen LogP contribution >= 0.6 is 0 Å². The third-order valence-corrected chi connectivity index (χ3v) is 2.33. The summed E-state index contributed by atoms with van der Waals surface area (Å²) in [6.45, 7) is 1.21. The second kappa shape index (κ2) is 6.50. The Labute approximate surface area is 110 Å². The zero-order valence-corrected chi connectivity index (χ0v) is 10.5. The molecule has 2 amide bonds. The van der Waals surface area contributed by atoms with E-state index in [2.05, 4.69) is 20.7 Å². The van der Waals surface area contributed by atoms with Crippen molar-refractivity contribution in [1.29, 1.82) is 0 Å². The number of pyridine rings is 1. The van der Waals surface area contributed by atoms with Gasteiger partial charge in [0.25, 0.3) is 0 Å². The summed E-state index contributed by atoms with van der Waals surface area (Å²) in [5.74, 6) is 0.484. The molecule has 7 heteroatoms. The molecular weight excluding hydrogens is 246 g/mol. The molecule has 0 atom stereocenters. The molecule has 7 nitrogen and oxygen atoms in total. The van der Waals surface area contributed by atoms with E-state index in [4.69, 9.17) is 4.74 Å². The van der Waals surface area contributed by atoms with Crippen molar-refractivity contribution in [3.63, 3.8) is 0 Å². The maximum absolute atomic E-state index is 11.7. The zero-order chi connectivity index (χ0) is 13.5. The van der Waals surface area contributed by atoms with E-state index in [1.807, 2.05) is 0 Å². The highest BCUT2D eigenvalue weighted by Gasteiger charge is 2.05. The summed E-state index contributed by atoms with van der Waals surface area (Å²) in [5.41, 5.74) is 0.624. The van der Waals surface area contributed by atoms with Crippen LogP contribution in [-0.2, 0) is 11.3 Å². The van der Waals surface area contributed by atoms with Crippen LogP contribution in [-0.4, -0.2) is 34.5 Å². The number of carbonyl (C=O) groups is 1. The van der Waals surface area contributed by atoms with Gasteiger partial charge in [0.15, 0.2) is 5.82 Å². The van der Waals surface area contributed by atoms with Crippen LogP contribution < -0.4 is 10.6 Å². The van der Waals surface area contributed by atoms with E-state index < -0.39 is 0 Å². The Kier molecular flexibility index (Phi) is 4.46. The maximum atomic E-state index is 11.7. The second-order valence-electron chi connectivity index (χ2n) is 3.78. The molecule has 0 aromatic carbocycles. The topological polar surface area (TPSA) is 81.1 Å². The summed E-state index contributed by atoms with van der Waals surface area (Å²) in [4.78, 5) is 15.6. The van der Waals surface area contributed by atoms with E-state index in [1.54, 1.807) is 48.6 Å². The summed E-state index contributed by atoms with van der Waals surface area (Å²) in [5, 5.41) is 9.47. The molecule has 2 aromatic rings. The van der Waals surface area contributed by atoms with E-state index in [0.29, 0.717) is 24.7 Å². The average Bonchev–Trinajstić information content (AvgIpc) is 2.85. The molecule has 2 rings (SSSR count). The average molecular weight is 261 g/mol. The summed E-state index contributed by atoms with van der Waals surface area (Å²) in [6.07, 6.45) is 4.98. The van der Waals surface area contributed by atoms with Crippen LogP contribution in [0.3, 0.4) is 0 Å². The van der Waals surface area contributed by atoms with Crippen LogP contribution in [0, 0.1) is 0 Å². The number of nitrogens with zero attached hydrogens (tertiary/aromatic N) is 3. The lowest BCUT2D eigenvalue weighted by Gasteiger charge is -2.04. The van der Waals surface area contributed by atoms with Crippen molar-refractivity contribution in [2.75, 3.05) is 24.4 Å². The molecule has 2 aromatic heterocycles. The zero-order valence-electron chi connectivity index (χ0n) is 10.5. The molecule has 19 heavy (non-hydrogen) atoms. The van der Waals surface area contributed by atoms with Gasteiger partial charge in [-0.05, 0) is 12.1 Å². The molecule has 0 aliphatic heterocycles. The normalized spacial score (nSPS) is 10.2. The number of rotatable bonds is 5. The minimum absolute atomic E-state index is 0.356. The molecule has 0 unspecified atom stereocenters. The van der Waals surface area contributed by atoms with Gasteiger partial charge < -0.3 is 10.1 Å². The van der Waals surface area contributed by atoms with Crippen LogP contribution in [0.5, 0.6) is 0 Å². The van der Waals surface area contributed by atoms with Crippen molar-refractivity contribution in [3.05, 3.63) is 36.8 Å². The smallest absolute Gasteiger partial charge is 0.324 e. The number of methoxy groups -OCH3 is 1. The van der Waals surface area contributed by atoms with Crippen molar-refractivity contribution >= 4 is 17.5 Å². The number of hydrogen-bond acceptors (Lipinski definition) is 4. The first-order valence-electron chi connectivity index (χ1n) is 5.78. The minimum atomic E-state index is -0.356. The van der Waals surface area contributed by atoms with Gasteiger partial charge in [-0.3, -0.25) is 15.0 Å². The fourth-order valence-corrected chi connectivity index (χ4v) is 1.45. The Balaban J connectivity index is 1.86. The van der Waals surface area contributed by atoms with E-state index in [0.717, 1.165) is 0 Å². The number of ether oxygens (including phenoxy) is 1. The highest BCUT2D eigenvalue weighted by Crippen LogP contribution is 2.06. The minimum Gasteiger partial charge on any atom is -0.383 e. The fourth-order valence-electron chi connectivity index (χ4n) is 1.45. The van der Waals surface area contributed by atoms with Gasteiger partial charge in [-0.2, -0.15) is 5.10 Å². The van der Waals surface area contributed by atoms with Gasteiger partial charge in [-0.1, -0.05) is 0 Å². The Bertz CT molecular complexity index is 526. The Morgan fingerprint density at radius 2 is 2.32 bits per heavy atom. The molecule has 0 aliphatic rings. The van der Waals surface area contributed by atoms with Crippen LogP contribution in [0.2, 0.25) is 0 Å². The van der Waals surface area contributed by atoms with Crippen molar-refractivity contribution in [2.45, 2.75) is 6.54 Å². The maximum Gasteiger partial charge on any atom is 0.324 e.